The van der Waals surface area contributed by atoms with E-state index in [9.17, 15) is 19.7 Å². The molecule has 8 heteroatoms. The number of ether oxygens (including phenoxy) is 1. The second-order valence-corrected chi connectivity index (χ2v) is 5.70. The molecule has 1 aromatic heterocycles. The van der Waals surface area contributed by atoms with E-state index in [0.717, 1.165) is 17.2 Å². The van der Waals surface area contributed by atoms with Gasteiger partial charge in [0.2, 0.25) is 0 Å². The molecule has 0 fully saturated rings. The molecule has 132 valence electrons. The Bertz CT molecular complexity index is 812. The van der Waals surface area contributed by atoms with Crippen molar-refractivity contribution in [1.29, 1.82) is 0 Å². The Morgan fingerprint density at radius 1 is 1.32 bits per heavy atom. The molecular formula is C17H19N3O5. The molecule has 8 nitrogen and oxygen atoms in total. The van der Waals surface area contributed by atoms with Gasteiger partial charge >= 0.3 is 5.97 Å². The van der Waals surface area contributed by atoms with Gasteiger partial charge in [0.1, 0.15) is 5.69 Å². The van der Waals surface area contributed by atoms with Crippen LogP contribution in [0.2, 0.25) is 0 Å². The predicted molar refractivity (Wildman–Crippen MR) is 90.0 cm³/mol. The summed E-state index contributed by atoms with van der Waals surface area (Å²) in [5.41, 5.74) is 1.87. The van der Waals surface area contributed by atoms with Gasteiger partial charge in [-0.25, -0.2) is 4.79 Å². The number of likely N-dealkylation sites (N-methyl/N-ethyl adjacent to an activating group) is 1. The molecule has 0 N–H and O–H groups in total. The van der Waals surface area contributed by atoms with E-state index < -0.39 is 17.5 Å². The summed E-state index contributed by atoms with van der Waals surface area (Å²) in [6.07, 6.45) is 1.21. The van der Waals surface area contributed by atoms with Gasteiger partial charge in [-0.3, -0.25) is 14.9 Å². The van der Waals surface area contributed by atoms with Crippen LogP contribution >= 0.6 is 0 Å². The highest BCUT2D eigenvalue weighted by molar-refractivity contribution is 5.90. The van der Waals surface area contributed by atoms with E-state index in [1.165, 1.54) is 22.7 Å². The quantitative estimate of drug-likeness (QED) is 0.454. The third kappa shape index (κ3) is 4.43. The molecule has 0 aliphatic rings. The summed E-state index contributed by atoms with van der Waals surface area (Å²) in [4.78, 5) is 35.7. The van der Waals surface area contributed by atoms with Crippen LogP contribution in [-0.4, -0.2) is 39.9 Å². The number of carbonyl (C=O) groups is 2. The number of nitro groups is 1. The van der Waals surface area contributed by atoms with E-state index in [0.29, 0.717) is 6.54 Å². The third-order valence-electron chi connectivity index (χ3n) is 3.83. The van der Waals surface area contributed by atoms with Gasteiger partial charge in [-0.2, -0.15) is 0 Å². The molecule has 0 radical (unpaired) electrons. The average Bonchev–Trinajstić information content (AvgIpc) is 2.96. The van der Waals surface area contributed by atoms with Gasteiger partial charge in [0, 0.05) is 26.7 Å². The molecule has 0 aliphatic heterocycles. The third-order valence-corrected chi connectivity index (χ3v) is 3.83. The van der Waals surface area contributed by atoms with Gasteiger partial charge in [0.15, 0.2) is 6.61 Å². The van der Waals surface area contributed by atoms with Crippen LogP contribution in [0.15, 0.2) is 36.5 Å². The van der Waals surface area contributed by atoms with Crippen LogP contribution in [0.4, 0.5) is 5.69 Å². The molecule has 0 spiro atoms. The van der Waals surface area contributed by atoms with Gasteiger partial charge in [-0.15, -0.1) is 0 Å². The van der Waals surface area contributed by atoms with Gasteiger partial charge in [0.05, 0.1) is 11.1 Å². The van der Waals surface area contributed by atoms with Gasteiger partial charge in [0.25, 0.3) is 11.6 Å². The first-order valence-electron chi connectivity index (χ1n) is 7.56. The number of rotatable bonds is 6. The second kappa shape index (κ2) is 7.61. The fraction of sp³-hybridized carbons (Fsp3) is 0.294. The maximum absolute atomic E-state index is 12.1. The van der Waals surface area contributed by atoms with E-state index in [4.69, 9.17) is 4.74 Å². The van der Waals surface area contributed by atoms with Gasteiger partial charge in [-0.05, 0) is 18.1 Å². The SMILES string of the molecule is Cc1ccccc1CN(C)C(=O)COC(=O)c1cc([N+](=O)[O-])cn1C. The van der Waals surface area contributed by atoms with E-state index in [1.54, 1.807) is 7.05 Å². The maximum Gasteiger partial charge on any atom is 0.355 e. The Labute approximate surface area is 144 Å². The summed E-state index contributed by atoms with van der Waals surface area (Å²) in [5, 5.41) is 10.7. The molecule has 1 heterocycles. The van der Waals surface area contributed by atoms with Crippen LogP contribution in [-0.2, 0) is 23.1 Å². The van der Waals surface area contributed by atoms with Crippen molar-refractivity contribution < 1.29 is 19.2 Å². The minimum atomic E-state index is -0.784. The number of aromatic nitrogens is 1. The molecule has 2 rings (SSSR count). The lowest BCUT2D eigenvalue weighted by molar-refractivity contribution is -0.384. The van der Waals surface area contributed by atoms with Crippen LogP contribution in [0.5, 0.6) is 0 Å². The van der Waals surface area contributed by atoms with Gasteiger partial charge in [-0.1, -0.05) is 24.3 Å². The second-order valence-electron chi connectivity index (χ2n) is 5.70. The Balaban J connectivity index is 1.94. The number of carbonyl (C=O) groups excluding carboxylic acids is 2. The van der Waals surface area contributed by atoms with E-state index in [2.05, 4.69) is 0 Å². The molecule has 1 aromatic carbocycles. The Kier molecular flexibility index (Phi) is 5.53. The number of hydrogen-bond acceptors (Lipinski definition) is 5. The van der Waals surface area contributed by atoms with Crippen LogP contribution in [0.1, 0.15) is 21.6 Å². The van der Waals surface area contributed by atoms with Crippen molar-refractivity contribution in [2.24, 2.45) is 7.05 Å². The van der Waals surface area contributed by atoms with E-state index >= 15 is 0 Å². The lowest BCUT2D eigenvalue weighted by Gasteiger charge is -2.18. The number of amides is 1. The van der Waals surface area contributed by atoms with Crippen molar-refractivity contribution >= 4 is 17.6 Å². The largest absolute Gasteiger partial charge is 0.451 e. The Morgan fingerprint density at radius 2 is 2.00 bits per heavy atom. The number of aryl methyl sites for hydroxylation is 2. The zero-order valence-electron chi connectivity index (χ0n) is 14.3. The van der Waals surface area contributed by atoms with Crippen molar-refractivity contribution in [3.05, 3.63) is 63.5 Å². The molecule has 0 bridgehead atoms. The van der Waals surface area contributed by atoms with E-state index in [1.807, 2.05) is 31.2 Å². The summed E-state index contributed by atoms with van der Waals surface area (Å²) in [7, 11) is 3.12. The molecular weight excluding hydrogens is 326 g/mol. The summed E-state index contributed by atoms with van der Waals surface area (Å²) >= 11 is 0. The highest BCUT2D eigenvalue weighted by atomic mass is 16.6. The number of benzene rings is 1. The van der Waals surface area contributed by atoms with Crippen molar-refractivity contribution in [2.45, 2.75) is 13.5 Å². The van der Waals surface area contributed by atoms with Crippen LogP contribution in [0.25, 0.3) is 0 Å². The number of esters is 1. The molecule has 0 unspecified atom stereocenters. The van der Waals surface area contributed by atoms with Crippen molar-refractivity contribution in [3.8, 4) is 0 Å². The fourth-order valence-corrected chi connectivity index (χ4v) is 2.29. The first kappa shape index (κ1) is 18.2. The molecule has 0 atom stereocenters. The Morgan fingerprint density at radius 3 is 2.60 bits per heavy atom. The molecule has 1 amide bonds. The lowest BCUT2D eigenvalue weighted by Crippen LogP contribution is -2.31. The standard InChI is InChI=1S/C17H19N3O5/c1-12-6-4-5-7-13(12)9-19(3)16(21)11-25-17(22)15-8-14(20(23)24)10-18(15)2/h4-8,10H,9,11H2,1-3H3. The maximum atomic E-state index is 12.1. The Hall–Kier alpha value is -3.16. The van der Waals surface area contributed by atoms with E-state index in [-0.39, 0.29) is 17.3 Å². The monoisotopic (exact) mass is 345 g/mol. The molecule has 0 aliphatic carbocycles. The first-order valence-corrected chi connectivity index (χ1v) is 7.56. The number of nitrogens with zero attached hydrogens (tertiary/aromatic N) is 3. The van der Waals surface area contributed by atoms with Crippen LogP contribution in [0.3, 0.4) is 0 Å². The minimum Gasteiger partial charge on any atom is -0.451 e. The fourth-order valence-electron chi connectivity index (χ4n) is 2.29. The topological polar surface area (TPSA) is 94.7 Å². The zero-order chi connectivity index (χ0) is 18.6. The average molecular weight is 345 g/mol. The smallest absolute Gasteiger partial charge is 0.355 e. The summed E-state index contributed by atoms with van der Waals surface area (Å²) < 4.78 is 6.27. The minimum absolute atomic E-state index is 0.0149. The van der Waals surface area contributed by atoms with Crippen LogP contribution < -0.4 is 0 Å². The van der Waals surface area contributed by atoms with Crippen molar-refractivity contribution in [2.75, 3.05) is 13.7 Å². The summed E-state index contributed by atoms with van der Waals surface area (Å²) in [6, 6.07) is 8.80. The van der Waals surface area contributed by atoms with Crippen molar-refractivity contribution in [3.63, 3.8) is 0 Å². The van der Waals surface area contributed by atoms with Gasteiger partial charge < -0.3 is 14.2 Å². The zero-order valence-corrected chi connectivity index (χ0v) is 14.3. The normalized spacial score (nSPS) is 10.4. The highest BCUT2D eigenvalue weighted by Crippen LogP contribution is 2.16. The number of hydrogen-bond donors (Lipinski definition) is 0. The summed E-state index contributed by atoms with van der Waals surface area (Å²) in [5.74, 6) is -1.14. The van der Waals surface area contributed by atoms with Crippen LogP contribution in [0, 0.1) is 17.0 Å². The van der Waals surface area contributed by atoms with Crippen molar-refractivity contribution in [1.82, 2.24) is 9.47 Å². The first-order chi connectivity index (χ1) is 11.8. The lowest BCUT2D eigenvalue weighted by atomic mass is 10.1. The molecule has 2 aromatic rings. The molecule has 0 saturated heterocycles. The summed E-state index contributed by atoms with van der Waals surface area (Å²) in [6.45, 7) is 1.93. The molecule has 25 heavy (non-hydrogen) atoms. The highest BCUT2D eigenvalue weighted by Gasteiger charge is 2.20. The molecule has 0 saturated carbocycles. The predicted octanol–water partition coefficient (Wildman–Crippen LogP) is 2.06.